The molecule has 2 atom stereocenters. The maximum Gasteiger partial charge on any atom is 0.0219 e. The summed E-state index contributed by atoms with van der Waals surface area (Å²) < 4.78 is 0. The zero-order chi connectivity index (χ0) is 9.97. The first-order valence-electron chi connectivity index (χ1n) is 5.89. The van der Waals surface area contributed by atoms with Gasteiger partial charge in [0.2, 0.25) is 0 Å². The molecule has 0 amide bonds. The second-order valence-electron chi connectivity index (χ2n) is 4.81. The van der Waals surface area contributed by atoms with Gasteiger partial charge in [0.15, 0.2) is 0 Å². The summed E-state index contributed by atoms with van der Waals surface area (Å²) >= 11 is 0. The van der Waals surface area contributed by atoms with Crippen LogP contribution in [0.5, 0.6) is 0 Å². The summed E-state index contributed by atoms with van der Waals surface area (Å²) in [6, 6.07) is 1.42. The third-order valence-electron chi connectivity index (χ3n) is 3.46. The molecule has 1 aliphatic carbocycles. The third kappa shape index (κ3) is 2.58. The molecule has 1 aliphatic heterocycles. The van der Waals surface area contributed by atoms with Gasteiger partial charge in [-0.05, 0) is 45.2 Å². The van der Waals surface area contributed by atoms with Gasteiger partial charge in [-0.25, -0.2) is 0 Å². The van der Waals surface area contributed by atoms with E-state index in [1.165, 1.54) is 32.4 Å². The van der Waals surface area contributed by atoms with Crippen LogP contribution < -0.4 is 5.32 Å². The number of rotatable bonds is 5. The molecular weight excluding hydrogens is 172 g/mol. The van der Waals surface area contributed by atoms with Crippen molar-refractivity contribution in [1.29, 1.82) is 0 Å². The van der Waals surface area contributed by atoms with E-state index < -0.39 is 0 Å². The van der Waals surface area contributed by atoms with Crippen molar-refractivity contribution in [3.63, 3.8) is 0 Å². The van der Waals surface area contributed by atoms with Crippen molar-refractivity contribution < 1.29 is 0 Å². The highest BCUT2D eigenvalue weighted by Gasteiger charge is 2.33. The Hall–Kier alpha value is -0.340. The highest BCUT2D eigenvalue weighted by Crippen LogP contribution is 2.31. The molecule has 2 rings (SSSR count). The lowest BCUT2D eigenvalue weighted by atomic mass is 10.1. The molecule has 0 aromatic rings. The van der Waals surface area contributed by atoms with Crippen LogP contribution in [0.2, 0.25) is 0 Å². The molecule has 2 heteroatoms. The summed E-state index contributed by atoms with van der Waals surface area (Å²) in [4.78, 5) is 2.67. The molecule has 2 fully saturated rings. The standard InChI is InChI=1S/C12H22N2/c1-3-10(2)13-8-11-6-7-14(9-11)12-4-5-12/h3,10-13H,1,4-9H2,2H3. The summed E-state index contributed by atoms with van der Waals surface area (Å²) in [5, 5.41) is 3.51. The molecule has 0 spiro atoms. The Kier molecular flexibility index (Phi) is 3.24. The summed E-state index contributed by atoms with van der Waals surface area (Å²) in [5.74, 6) is 0.873. The van der Waals surface area contributed by atoms with Crippen LogP contribution in [0.3, 0.4) is 0 Å². The van der Waals surface area contributed by atoms with E-state index in [1.54, 1.807) is 0 Å². The van der Waals surface area contributed by atoms with E-state index in [0.29, 0.717) is 6.04 Å². The lowest BCUT2D eigenvalue weighted by Crippen LogP contribution is -2.31. The van der Waals surface area contributed by atoms with E-state index in [2.05, 4.69) is 23.7 Å². The molecule has 1 N–H and O–H groups in total. The van der Waals surface area contributed by atoms with Crippen molar-refractivity contribution in [1.82, 2.24) is 10.2 Å². The Morgan fingerprint density at radius 1 is 1.50 bits per heavy atom. The molecule has 0 aromatic heterocycles. The molecule has 0 aromatic carbocycles. The van der Waals surface area contributed by atoms with Gasteiger partial charge in [-0.1, -0.05) is 6.08 Å². The van der Waals surface area contributed by atoms with Gasteiger partial charge in [0.05, 0.1) is 0 Å². The highest BCUT2D eigenvalue weighted by molar-refractivity contribution is 4.91. The second-order valence-corrected chi connectivity index (χ2v) is 4.81. The van der Waals surface area contributed by atoms with E-state index in [4.69, 9.17) is 0 Å². The zero-order valence-corrected chi connectivity index (χ0v) is 9.21. The topological polar surface area (TPSA) is 15.3 Å². The molecule has 14 heavy (non-hydrogen) atoms. The maximum absolute atomic E-state index is 3.79. The average Bonchev–Trinajstić information content (AvgIpc) is 2.95. The van der Waals surface area contributed by atoms with Crippen LogP contribution in [0, 0.1) is 5.92 Å². The molecule has 1 saturated carbocycles. The van der Waals surface area contributed by atoms with Crippen LogP contribution in [0.25, 0.3) is 0 Å². The lowest BCUT2D eigenvalue weighted by molar-refractivity contribution is 0.311. The largest absolute Gasteiger partial charge is 0.310 e. The smallest absolute Gasteiger partial charge is 0.0219 e. The quantitative estimate of drug-likeness (QED) is 0.669. The Morgan fingerprint density at radius 3 is 2.93 bits per heavy atom. The molecule has 1 saturated heterocycles. The minimum absolute atomic E-state index is 0.463. The summed E-state index contributed by atoms with van der Waals surface area (Å²) in [6.45, 7) is 9.77. The van der Waals surface area contributed by atoms with E-state index in [0.717, 1.165) is 18.5 Å². The predicted molar refractivity (Wildman–Crippen MR) is 60.4 cm³/mol. The van der Waals surface area contributed by atoms with Crippen molar-refractivity contribution >= 4 is 0 Å². The Bertz CT molecular complexity index is 198. The van der Waals surface area contributed by atoms with Crippen LogP contribution in [0.4, 0.5) is 0 Å². The first-order chi connectivity index (χ1) is 6.79. The minimum atomic E-state index is 0.463. The van der Waals surface area contributed by atoms with Gasteiger partial charge in [0.25, 0.3) is 0 Å². The monoisotopic (exact) mass is 194 g/mol. The molecule has 1 heterocycles. The number of hydrogen-bond donors (Lipinski definition) is 1. The molecule has 2 aliphatic rings. The fraction of sp³-hybridized carbons (Fsp3) is 0.833. The van der Waals surface area contributed by atoms with Crippen molar-refractivity contribution in [3.8, 4) is 0 Å². The van der Waals surface area contributed by atoms with Crippen molar-refractivity contribution in [2.45, 2.75) is 38.3 Å². The molecule has 0 bridgehead atoms. The van der Waals surface area contributed by atoms with Crippen LogP contribution in [-0.2, 0) is 0 Å². The summed E-state index contributed by atoms with van der Waals surface area (Å²) in [5.41, 5.74) is 0. The van der Waals surface area contributed by atoms with Crippen LogP contribution >= 0.6 is 0 Å². The normalized spacial score (nSPS) is 30.5. The SMILES string of the molecule is C=CC(C)NCC1CCN(C2CC2)C1. The van der Waals surface area contributed by atoms with Crippen molar-refractivity contribution in [2.75, 3.05) is 19.6 Å². The molecule has 0 radical (unpaired) electrons. The van der Waals surface area contributed by atoms with E-state index in [9.17, 15) is 0 Å². The van der Waals surface area contributed by atoms with E-state index >= 15 is 0 Å². The van der Waals surface area contributed by atoms with E-state index in [1.807, 2.05) is 6.08 Å². The Morgan fingerprint density at radius 2 is 2.29 bits per heavy atom. The summed E-state index contributed by atoms with van der Waals surface area (Å²) in [7, 11) is 0. The molecule has 2 nitrogen and oxygen atoms in total. The van der Waals surface area contributed by atoms with Crippen molar-refractivity contribution in [2.24, 2.45) is 5.92 Å². The number of nitrogens with one attached hydrogen (secondary N) is 1. The van der Waals surface area contributed by atoms with Gasteiger partial charge in [-0.15, -0.1) is 6.58 Å². The zero-order valence-electron chi connectivity index (χ0n) is 9.21. The van der Waals surface area contributed by atoms with Gasteiger partial charge < -0.3 is 10.2 Å². The van der Waals surface area contributed by atoms with Crippen LogP contribution in [-0.4, -0.2) is 36.6 Å². The Labute approximate surface area is 87.4 Å². The van der Waals surface area contributed by atoms with Gasteiger partial charge in [0.1, 0.15) is 0 Å². The number of hydrogen-bond acceptors (Lipinski definition) is 2. The van der Waals surface area contributed by atoms with Gasteiger partial charge >= 0.3 is 0 Å². The number of likely N-dealkylation sites (tertiary alicyclic amines) is 1. The highest BCUT2D eigenvalue weighted by atomic mass is 15.2. The van der Waals surface area contributed by atoms with Gasteiger partial charge in [-0.2, -0.15) is 0 Å². The lowest BCUT2D eigenvalue weighted by Gasteiger charge is -2.16. The van der Waals surface area contributed by atoms with Gasteiger partial charge in [0, 0.05) is 18.6 Å². The molecule has 80 valence electrons. The van der Waals surface area contributed by atoms with Crippen LogP contribution in [0.1, 0.15) is 26.2 Å². The fourth-order valence-electron chi connectivity index (χ4n) is 2.24. The Balaban J connectivity index is 1.65. The number of nitrogens with zero attached hydrogens (tertiary/aromatic N) is 1. The first-order valence-corrected chi connectivity index (χ1v) is 5.89. The maximum atomic E-state index is 3.79. The second kappa shape index (κ2) is 4.45. The van der Waals surface area contributed by atoms with Crippen molar-refractivity contribution in [3.05, 3.63) is 12.7 Å². The fourth-order valence-corrected chi connectivity index (χ4v) is 2.24. The van der Waals surface area contributed by atoms with E-state index in [-0.39, 0.29) is 0 Å². The first kappa shape index (κ1) is 10.2. The molecular formula is C12H22N2. The third-order valence-corrected chi connectivity index (χ3v) is 3.46. The predicted octanol–water partition coefficient (Wildman–Crippen LogP) is 1.63. The van der Waals surface area contributed by atoms with Crippen LogP contribution in [0.15, 0.2) is 12.7 Å². The average molecular weight is 194 g/mol. The molecule has 2 unspecified atom stereocenters. The minimum Gasteiger partial charge on any atom is -0.310 e. The summed E-state index contributed by atoms with van der Waals surface area (Å²) in [6.07, 6.45) is 6.26. The van der Waals surface area contributed by atoms with Gasteiger partial charge in [-0.3, -0.25) is 0 Å².